The highest BCUT2D eigenvalue weighted by Crippen LogP contribution is 2.21. The van der Waals surface area contributed by atoms with E-state index >= 15 is 0 Å². The molecular formula is C21H22N2O3S2. The Hall–Kier alpha value is -2.64. The summed E-state index contributed by atoms with van der Waals surface area (Å²) in [6.45, 7) is 4.05. The van der Waals surface area contributed by atoms with E-state index in [0.717, 1.165) is 23.3 Å². The smallest absolute Gasteiger partial charge is 0.271 e. The van der Waals surface area contributed by atoms with Crippen molar-refractivity contribution >= 4 is 33.0 Å². The lowest BCUT2D eigenvalue weighted by molar-refractivity contribution is 0.0935. The van der Waals surface area contributed by atoms with Crippen molar-refractivity contribution < 1.29 is 13.2 Å². The number of carbonyl (C=O) groups excluding carboxylic acids is 1. The van der Waals surface area contributed by atoms with Crippen molar-refractivity contribution in [3.63, 3.8) is 0 Å². The number of rotatable bonds is 7. The van der Waals surface area contributed by atoms with Gasteiger partial charge in [0, 0.05) is 11.3 Å². The Balaban J connectivity index is 1.68. The summed E-state index contributed by atoms with van der Waals surface area (Å²) in [6.07, 6.45) is 0.771. The van der Waals surface area contributed by atoms with Crippen molar-refractivity contribution in [2.24, 2.45) is 0 Å². The van der Waals surface area contributed by atoms with E-state index in [4.69, 9.17) is 0 Å². The van der Waals surface area contributed by atoms with E-state index in [1.807, 2.05) is 38.1 Å². The zero-order valence-corrected chi connectivity index (χ0v) is 17.3. The summed E-state index contributed by atoms with van der Waals surface area (Å²) in [6, 6.07) is 17.7. The molecule has 0 aliphatic rings. The van der Waals surface area contributed by atoms with E-state index in [1.54, 1.807) is 41.8 Å². The van der Waals surface area contributed by atoms with Crippen molar-refractivity contribution in [2.75, 3.05) is 4.72 Å². The zero-order chi connectivity index (χ0) is 20.1. The van der Waals surface area contributed by atoms with Gasteiger partial charge in [-0.1, -0.05) is 42.8 Å². The van der Waals surface area contributed by atoms with Gasteiger partial charge in [-0.2, -0.15) is 0 Å². The van der Waals surface area contributed by atoms with Crippen LogP contribution in [0.3, 0.4) is 0 Å². The molecule has 1 atom stereocenters. The molecule has 0 aliphatic heterocycles. The van der Waals surface area contributed by atoms with E-state index in [9.17, 15) is 13.2 Å². The van der Waals surface area contributed by atoms with Crippen LogP contribution in [0.25, 0.3) is 0 Å². The monoisotopic (exact) mass is 414 g/mol. The SMILES string of the molecule is CC[C@H](NC(=O)c1ccc(NS(=O)(=O)c2cccs2)cc1)c1ccc(C)cc1. The lowest BCUT2D eigenvalue weighted by Gasteiger charge is -2.18. The van der Waals surface area contributed by atoms with Crippen molar-refractivity contribution in [3.8, 4) is 0 Å². The second kappa shape index (κ2) is 8.58. The Morgan fingerprint density at radius 1 is 1.04 bits per heavy atom. The highest BCUT2D eigenvalue weighted by atomic mass is 32.2. The van der Waals surface area contributed by atoms with Crippen LogP contribution < -0.4 is 10.0 Å². The maximum Gasteiger partial charge on any atom is 0.271 e. The minimum Gasteiger partial charge on any atom is -0.345 e. The van der Waals surface area contributed by atoms with Crippen LogP contribution in [-0.2, 0) is 10.0 Å². The number of aryl methyl sites for hydroxylation is 1. The minimum absolute atomic E-state index is 0.0786. The Labute approximate surface area is 169 Å². The molecule has 0 fully saturated rings. The predicted octanol–water partition coefficient (Wildman–Crippen LogP) is 4.74. The number of carbonyl (C=O) groups is 1. The molecule has 0 bridgehead atoms. The molecule has 2 aromatic carbocycles. The van der Waals surface area contributed by atoms with Crippen molar-refractivity contribution in [2.45, 2.75) is 30.5 Å². The van der Waals surface area contributed by atoms with Crippen LogP contribution >= 0.6 is 11.3 Å². The second-order valence-corrected chi connectivity index (χ2v) is 9.32. The largest absolute Gasteiger partial charge is 0.345 e. The number of amides is 1. The fraction of sp³-hybridized carbons (Fsp3) is 0.190. The van der Waals surface area contributed by atoms with Gasteiger partial charge >= 0.3 is 0 Å². The lowest BCUT2D eigenvalue weighted by atomic mass is 10.0. The first-order valence-electron chi connectivity index (χ1n) is 8.93. The molecule has 1 heterocycles. The molecule has 1 aromatic heterocycles. The summed E-state index contributed by atoms with van der Waals surface area (Å²) in [5.74, 6) is -0.194. The van der Waals surface area contributed by atoms with Gasteiger partial charge in [-0.3, -0.25) is 9.52 Å². The molecule has 146 valence electrons. The van der Waals surface area contributed by atoms with Crippen LogP contribution in [0.1, 0.15) is 40.9 Å². The molecule has 0 aliphatic carbocycles. The molecule has 3 aromatic rings. The van der Waals surface area contributed by atoms with Crippen molar-refractivity contribution in [1.29, 1.82) is 0 Å². The molecule has 0 unspecified atom stereocenters. The van der Waals surface area contributed by atoms with E-state index < -0.39 is 10.0 Å². The van der Waals surface area contributed by atoms with Gasteiger partial charge < -0.3 is 5.32 Å². The molecule has 0 saturated heterocycles. The summed E-state index contributed by atoms with van der Waals surface area (Å²) in [5.41, 5.74) is 3.12. The first-order chi connectivity index (χ1) is 13.4. The van der Waals surface area contributed by atoms with E-state index in [-0.39, 0.29) is 16.2 Å². The number of hydrogen-bond acceptors (Lipinski definition) is 4. The van der Waals surface area contributed by atoms with E-state index in [1.165, 1.54) is 5.56 Å². The molecule has 5 nitrogen and oxygen atoms in total. The molecular weight excluding hydrogens is 392 g/mol. The first-order valence-corrected chi connectivity index (χ1v) is 11.3. The molecule has 0 saturated carbocycles. The molecule has 2 N–H and O–H groups in total. The first kappa shape index (κ1) is 20.1. The number of nitrogens with one attached hydrogen (secondary N) is 2. The van der Waals surface area contributed by atoms with Gasteiger partial charge in [-0.25, -0.2) is 8.42 Å². The fourth-order valence-corrected chi connectivity index (χ4v) is 4.82. The van der Waals surface area contributed by atoms with Crippen molar-refractivity contribution in [3.05, 3.63) is 82.7 Å². The standard InChI is InChI=1S/C21H22N2O3S2/c1-3-19(16-8-6-15(2)7-9-16)22-21(24)17-10-12-18(13-11-17)23-28(25,26)20-5-4-14-27-20/h4-14,19,23H,3H2,1-2H3,(H,22,24)/t19-/m0/s1. The summed E-state index contributed by atoms with van der Waals surface area (Å²) < 4.78 is 27.3. The molecule has 0 radical (unpaired) electrons. The van der Waals surface area contributed by atoms with Gasteiger partial charge in [0.25, 0.3) is 15.9 Å². The average molecular weight is 415 g/mol. The van der Waals surface area contributed by atoms with Crippen LogP contribution in [0.5, 0.6) is 0 Å². The van der Waals surface area contributed by atoms with Crippen LogP contribution in [0.15, 0.2) is 70.3 Å². The third kappa shape index (κ3) is 4.79. The molecule has 1 amide bonds. The second-order valence-electron chi connectivity index (χ2n) is 6.46. The fourth-order valence-electron chi connectivity index (χ4n) is 2.77. The highest BCUT2D eigenvalue weighted by Gasteiger charge is 2.17. The molecule has 3 rings (SSSR count). The summed E-state index contributed by atoms with van der Waals surface area (Å²) in [7, 11) is -3.60. The minimum atomic E-state index is -3.60. The summed E-state index contributed by atoms with van der Waals surface area (Å²) in [5, 5.41) is 4.74. The summed E-state index contributed by atoms with van der Waals surface area (Å²) >= 11 is 1.15. The quantitative estimate of drug-likeness (QED) is 0.586. The molecule has 7 heteroatoms. The Morgan fingerprint density at radius 2 is 1.71 bits per heavy atom. The van der Waals surface area contributed by atoms with E-state index in [0.29, 0.717) is 11.3 Å². The third-order valence-electron chi connectivity index (χ3n) is 4.35. The zero-order valence-electron chi connectivity index (χ0n) is 15.7. The normalized spacial score (nSPS) is 12.4. The van der Waals surface area contributed by atoms with Crippen LogP contribution in [0.2, 0.25) is 0 Å². The van der Waals surface area contributed by atoms with Crippen LogP contribution in [-0.4, -0.2) is 14.3 Å². The number of anilines is 1. The highest BCUT2D eigenvalue weighted by molar-refractivity contribution is 7.94. The lowest BCUT2D eigenvalue weighted by Crippen LogP contribution is -2.28. The van der Waals surface area contributed by atoms with Crippen LogP contribution in [0.4, 0.5) is 5.69 Å². The Morgan fingerprint density at radius 3 is 2.29 bits per heavy atom. The number of thiophene rings is 1. The maximum atomic E-state index is 12.6. The Bertz CT molecular complexity index is 1030. The maximum absolute atomic E-state index is 12.6. The summed E-state index contributed by atoms with van der Waals surface area (Å²) in [4.78, 5) is 12.6. The van der Waals surface area contributed by atoms with Gasteiger partial charge in [-0.05, 0) is 54.6 Å². The average Bonchev–Trinajstić information content (AvgIpc) is 3.23. The van der Waals surface area contributed by atoms with Gasteiger partial charge in [-0.15, -0.1) is 11.3 Å². The number of hydrogen-bond donors (Lipinski definition) is 2. The number of sulfonamides is 1. The van der Waals surface area contributed by atoms with Gasteiger partial charge in [0.15, 0.2) is 0 Å². The van der Waals surface area contributed by atoms with Crippen molar-refractivity contribution in [1.82, 2.24) is 5.32 Å². The third-order valence-corrected chi connectivity index (χ3v) is 7.13. The number of benzene rings is 2. The van der Waals surface area contributed by atoms with E-state index in [2.05, 4.69) is 10.0 Å². The van der Waals surface area contributed by atoms with Crippen LogP contribution in [0, 0.1) is 6.92 Å². The van der Waals surface area contributed by atoms with Gasteiger partial charge in [0.05, 0.1) is 6.04 Å². The Kier molecular flexibility index (Phi) is 6.16. The van der Waals surface area contributed by atoms with Gasteiger partial charge in [0.1, 0.15) is 4.21 Å². The molecule has 0 spiro atoms. The van der Waals surface area contributed by atoms with Gasteiger partial charge in [0.2, 0.25) is 0 Å². The molecule has 28 heavy (non-hydrogen) atoms. The topological polar surface area (TPSA) is 75.3 Å². The predicted molar refractivity (Wildman–Crippen MR) is 113 cm³/mol.